The summed E-state index contributed by atoms with van der Waals surface area (Å²) in [6, 6.07) is 62.9. The van der Waals surface area contributed by atoms with Gasteiger partial charge in [0.15, 0.2) is 0 Å². The number of para-hydroxylation sites is 5. The van der Waals surface area contributed by atoms with Crippen LogP contribution in [0.3, 0.4) is 0 Å². The van der Waals surface area contributed by atoms with Gasteiger partial charge in [0.05, 0.1) is 11.0 Å². The topological polar surface area (TPSA) is 21.1 Å². The van der Waals surface area contributed by atoms with Gasteiger partial charge in [0.25, 0.3) is 0 Å². The Balaban J connectivity index is 1.08. The molecule has 0 unspecified atom stereocenters. The Labute approximate surface area is 287 Å². The van der Waals surface area contributed by atoms with E-state index in [0.717, 1.165) is 45.2 Å². The summed E-state index contributed by atoms with van der Waals surface area (Å²) in [6.45, 7) is 4.72. The molecule has 0 spiro atoms. The van der Waals surface area contributed by atoms with Crippen LogP contribution < -0.4 is 4.90 Å². The Kier molecular flexibility index (Phi) is 6.80. The summed E-state index contributed by atoms with van der Waals surface area (Å²) in [7, 11) is 0. The van der Waals surface area contributed by atoms with Crippen molar-refractivity contribution in [1.29, 1.82) is 0 Å². The lowest BCUT2D eigenvalue weighted by Crippen LogP contribution is -2.16. The second-order valence-electron chi connectivity index (χ2n) is 13.3. The smallest absolute Gasteiger partial charge is 0.145 e. The van der Waals surface area contributed by atoms with E-state index in [1.54, 1.807) is 0 Å². The predicted octanol–water partition coefficient (Wildman–Crippen LogP) is 12.1. The molecule has 1 aliphatic carbocycles. The number of fused-ring (bicyclic) bond motifs is 4. The minimum atomic E-state index is -0.157. The molecule has 1 aliphatic rings. The van der Waals surface area contributed by atoms with Crippen molar-refractivity contribution >= 4 is 28.1 Å². The van der Waals surface area contributed by atoms with Crippen molar-refractivity contribution in [1.82, 2.24) is 9.55 Å². The Morgan fingerprint density at radius 1 is 0.469 bits per heavy atom. The lowest BCUT2D eigenvalue weighted by atomic mass is 9.81. The van der Waals surface area contributed by atoms with E-state index in [4.69, 9.17) is 4.98 Å². The summed E-state index contributed by atoms with van der Waals surface area (Å²) in [6.07, 6.45) is 0. The van der Waals surface area contributed by atoms with Gasteiger partial charge in [-0.15, -0.1) is 0 Å². The van der Waals surface area contributed by atoms with Gasteiger partial charge in [-0.05, 0) is 100 Å². The first-order valence-electron chi connectivity index (χ1n) is 16.9. The van der Waals surface area contributed by atoms with Crippen LogP contribution in [0.25, 0.3) is 50.4 Å². The average molecular weight is 630 g/mol. The zero-order valence-electron chi connectivity index (χ0n) is 27.6. The molecule has 0 atom stereocenters. The number of rotatable bonds is 6. The molecule has 49 heavy (non-hydrogen) atoms. The van der Waals surface area contributed by atoms with Gasteiger partial charge in [-0.2, -0.15) is 0 Å². The van der Waals surface area contributed by atoms with Crippen LogP contribution in [0.4, 0.5) is 17.1 Å². The number of anilines is 3. The van der Waals surface area contributed by atoms with Crippen LogP contribution >= 0.6 is 0 Å². The van der Waals surface area contributed by atoms with Crippen molar-refractivity contribution in [2.45, 2.75) is 19.3 Å². The van der Waals surface area contributed by atoms with E-state index in [-0.39, 0.29) is 5.41 Å². The Morgan fingerprint density at radius 2 is 1.00 bits per heavy atom. The maximum Gasteiger partial charge on any atom is 0.145 e. The second-order valence-corrected chi connectivity index (χ2v) is 13.3. The molecule has 3 heteroatoms. The molecular formula is C46H35N3. The molecule has 1 heterocycles. The van der Waals surface area contributed by atoms with Crippen LogP contribution in [0.2, 0.25) is 0 Å². The van der Waals surface area contributed by atoms with Crippen molar-refractivity contribution in [3.05, 3.63) is 187 Å². The van der Waals surface area contributed by atoms with Crippen molar-refractivity contribution in [3.8, 4) is 39.3 Å². The molecule has 234 valence electrons. The molecule has 0 N–H and O–H groups in total. The highest BCUT2D eigenvalue weighted by Gasteiger charge is 2.36. The van der Waals surface area contributed by atoms with Crippen LogP contribution in [0.15, 0.2) is 176 Å². The third-order valence-electron chi connectivity index (χ3n) is 10.00. The molecule has 0 saturated heterocycles. The van der Waals surface area contributed by atoms with Gasteiger partial charge in [0.2, 0.25) is 0 Å². The summed E-state index contributed by atoms with van der Waals surface area (Å²) in [4.78, 5) is 7.41. The van der Waals surface area contributed by atoms with Gasteiger partial charge in [-0.1, -0.05) is 123 Å². The highest BCUT2D eigenvalue weighted by Crippen LogP contribution is 2.51. The highest BCUT2D eigenvalue weighted by atomic mass is 15.1. The summed E-state index contributed by atoms with van der Waals surface area (Å²) >= 11 is 0. The number of nitrogens with zero attached hydrogens (tertiary/aromatic N) is 3. The molecule has 0 radical (unpaired) electrons. The fourth-order valence-electron chi connectivity index (χ4n) is 7.52. The third-order valence-corrected chi connectivity index (χ3v) is 10.00. The largest absolute Gasteiger partial charge is 0.310 e. The van der Waals surface area contributed by atoms with Crippen LogP contribution in [0.1, 0.15) is 25.0 Å². The van der Waals surface area contributed by atoms with E-state index in [2.05, 4.69) is 199 Å². The first kappa shape index (κ1) is 29.0. The van der Waals surface area contributed by atoms with Crippen LogP contribution in [-0.4, -0.2) is 9.55 Å². The monoisotopic (exact) mass is 629 g/mol. The third kappa shape index (κ3) is 4.86. The lowest BCUT2D eigenvalue weighted by molar-refractivity contribution is 0.660. The zero-order valence-corrected chi connectivity index (χ0v) is 27.6. The lowest BCUT2D eigenvalue weighted by Gasteiger charge is -2.28. The van der Waals surface area contributed by atoms with E-state index in [9.17, 15) is 0 Å². The maximum atomic E-state index is 5.07. The SMILES string of the molecule is CC1(C)c2cc(-c3ccc(-c4nc5ccccc5n4-c4ccccc4)cc3)ccc2-c2ccc(N(c3ccccc3)c3ccccc3)cc21. The summed E-state index contributed by atoms with van der Waals surface area (Å²) in [5, 5.41) is 0. The fourth-order valence-corrected chi connectivity index (χ4v) is 7.52. The Hall–Kier alpha value is -6.19. The first-order chi connectivity index (χ1) is 24.1. The van der Waals surface area contributed by atoms with E-state index in [1.165, 1.54) is 33.4 Å². The quantitative estimate of drug-likeness (QED) is 0.182. The molecule has 0 aliphatic heterocycles. The number of hydrogen-bond donors (Lipinski definition) is 0. The number of benzene rings is 7. The second kappa shape index (κ2) is 11.5. The van der Waals surface area contributed by atoms with Gasteiger partial charge < -0.3 is 4.90 Å². The van der Waals surface area contributed by atoms with E-state index >= 15 is 0 Å². The Bertz CT molecular complexity index is 2400. The van der Waals surface area contributed by atoms with Crippen molar-refractivity contribution in [2.75, 3.05) is 4.90 Å². The van der Waals surface area contributed by atoms with Gasteiger partial charge in [-0.25, -0.2) is 4.98 Å². The van der Waals surface area contributed by atoms with E-state index < -0.39 is 0 Å². The zero-order chi connectivity index (χ0) is 33.0. The van der Waals surface area contributed by atoms with E-state index in [0.29, 0.717) is 0 Å². The highest BCUT2D eigenvalue weighted by molar-refractivity contribution is 5.88. The molecule has 0 bridgehead atoms. The van der Waals surface area contributed by atoms with Gasteiger partial charge in [-0.3, -0.25) is 4.57 Å². The molecule has 1 aromatic heterocycles. The van der Waals surface area contributed by atoms with Gasteiger partial charge in [0.1, 0.15) is 5.82 Å². The van der Waals surface area contributed by atoms with E-state index in [1.807, 2.05) is 0 Å². The minimum Gasteiger partial charge on any atom is -0.310 e. The number of imidazole rings is 1. The molecule has 0 amide bonds. The number of hydrogen-bond acceptors (Lipinski definition) is 2. The summed E-state index contributed by atoms with van der Waals surface area (Å²) in [5.74, 6) is 0.945. The average Bonchev–Trinajstić information content (AvgIpc) is 3.65. The molecule has 7 aromatic carbocycles. The number of aromatic nitrogens is 2. The minimum absolute atomic E-state index is 0.157. The fraction of sp³-hybridized carbons (Fsp3) is 0.0652. The molecule has 9 rings (SSSR count). The summed E-state index contributed by atoms with van der Waals surface area (Å²) in [5.41, 5.74) is 15.3. The summed E-state index contributed by atoms with van der Waals surface area (Å²) < 4.78 is 2.25. The van der Waals surface area contributed by atoms with Crippen LogP contribution in [0, 0.1) is 0 Å². The van der Waals surface area contributed by atoms with Crippen LogP contribution in [-0.2, 0) is 5.41 Å². The first-order valence-corrected chi connectivity index (χ1v) is 16.9. The maximum absolute atomic E-state index is 5.07. The molecule has 0 fully saturated rings. The van der Waals surface area contributed by atoms with Crippen LogP contribution in [0.5, 0.6) is 0 Å². The molecular weight excluding hydrogens is 595 g/mol. The molecule has 0 saturated carbocycles. The van der Waals surface area contributed by atoms with Crippen molar-refractivity contribution in [2.24, 2.45) is 0 Å². The molecule has 3 nitrogen and oxygen atoms in total. The van der Waals surface area contributed by atoms with Gasteiger partial charge >= 0.3 is 0 Å². The Morgan fingerprint density at radius 3 is 1.67 bits per heavy atom. The molecule has 8 aromatic rings. The normalized spacial score (nSPS) is 12.9. The van der Waals surface area contributed by atoms with Gasteiger partial charge in [0, 0.05) is 33.7 Å². The standard InChI is InChI=1S/C46H35N3/c1-46(2)41-30-34(32-22-24-33(25-23-32)45-47-43-20-12-13-21-44(43)49(45)37-18-10-5-11-19-37)26-28-39(41)40-29-27-38(31-42(40)46)48(35-14-6-3-7-15-35)36-16-8-4-9-17-36/h3-31H,1-2H3. The van der Waals surface area contributed by atoms with Crippen molar-refractivity contribution in [3.63, 3.8) is 0 Å². The van der Waals surface area contributed by atoms with Crippen molar-refractivity contribution < 1.29 is 0 Å². The predicted molar refractivity (Wildman–Crippen MR) is 204 cm³/mol.